The predicted octanol–water partition coefficient (Wildman–Crippen LogP) is 2.53. The maximum absolute atomic E-state index is 12.2. The number of hydrogen-bond acceptors (Lipinski definition) is 5. The van der Waals surface area contributed by atoms with Gasteiger partial charge in [-0.25, -0.2) is 9.78 Å². The number of aromatic nitrogens is 4. The van der Waals surface area contributed by atoms with Crippen molar-refractivity contribution < 1.29 is 4.79 Å². The van der Waals surface area contributed by atoms with Gasteiger partial charge in [0.15, 0.2) is 0 Å². The molecule has 0 unspecified atom stereocenters. The minimum absolute atomic E-state index is 0.154. The normalized spacial score (nSPS) is 15.1. The molecule has 4 rings (SSSR count). The lowest BCUT2D eigenvalue weighted by Gasteiger charge is -2.33. The summed E-state index contributed by atoms with van der Waals surface area (Å²) < 4.78 is 1.77. The Bertz CT molecular complexity index is 942. The summed E-state index contributed by atoms with van der Waals surface area (Å²) in [6, 6.07) is 9.81. The van der Waals surface area contributed by atoms with Gasteiger partial charge in [0.2, 0.25) is 0 Å². The molecule has 2 aromatic heterocycles. The third kappa shape index (κ3) is 3.84. The number of carbonyl (C=O) groups excluding carboxylic acids is 1. The van der Waals surface area contributed by atoms with Crippen molar-refractivity contribution in [1.29, 1.82) is 0 Å². The summed E-state index contributed by atoms with van der Waals surface area (Å²) in [5.74, 6) is 1.61. The summed E-state index contributed by atoms with van der Waals surface area (Å²) in [4.78, 5) is 23.1. The first-order valence-electron chi connectivity index (χ1n) is 9.15. The molecular formula is C19H23N7O. The van der Waals surface area contributed by atoms with Crippen molar-refractivity contribution in [3.63, 3.8) is 0 Å². The van der Waals surface area contributed by atoms with Crippen LogP contribution in [0.3, 0.4) is 0 Å². The first-order chi connectivity index (χ1) is 13.1. The zero-order valence-corrected chi connectivity index (χ0v) is 15.5. The van der Waals surface area contributed by atoms with Gasteiger partial charge in [0.1, 0.15) is 12.1 Å². The van der Waals surface area contributed by atoms with Crippen molar-refractivity contribution in [2.75, 3.05) is 23.3 Å². The Morgan fingerprint density at radius 2 is 1.89 bits per heavy atom. The quantitative estimate of drug-likeness (QED) is 0.745. The zero-order chi connectivity index (χ0) is 18.8. The lowest BCUT2D eigenvalue weighted by molar-refractivity contribution is 0.246. The van der Waals surface area contributed by atoms with Crippen LogP contribution in [-0.4, -0.2) is 44.7 Å². The molecule has 27 heavy (non-hydrogen) atoms. The van der Waals surface area contributed by atoms with Gasteiger partial charge >= 0.3 is 6.03 Å². The van der Waals surface area contributed by atoms with E-state index in [0.717, 1.165) is 43.1 Å². The number of rotatable bonds is 3. The number of nitrogens with one attached hydrogen (secondary N) is 2. The second-order valence-corrected chi connectivity index (χ2v) is 6.95. The number of urea groups is 1. The number of piperidine rings is 1. The Morgan fingerprint density at radius 3 is 2.63 bits per heavy atom. The second-order valence-electron chi connectivity index (χ2n) is 6.95. The molecule has 1 fully saturated rings. The average Bonchev–Trinajstić information content (AvgIpc) is 3.12. The molecule has 0 radical (unpaired) electrons. The van der Waals surface area contributed by atoms with E-state index in [1.165, 1.54) is 11.9 Å². The molecule has 8 heteroatoms. The lowest BCUT2D eigenvalue weighted by atomic mass is 10.1. The van der Waals surface area contributed by atoms with E-state index in [9.17, 15) is 4.79 Å². The Balaban J connectivity index is 1.35. The fourth-order valence-electron chi connectivity index (χ4n) is 3.38. The van der Waals surface area contributed by atoms with E-state index in [4.69, 9.17) is 0 Å². The number of aryl methyl sites for hydroxylation is 2. The van der Waals surface area contributed by atoms with Crippen LogP contribution in [0.1, 0.15) is 24.1 Å². The summed E-state index contributed by atoms with van der Waals surface area (Å²) in [5, 5.41) is 10.2. The van der Waals surface area contributed by atoms with E-state index in [-0.39, 0.29) is 12.1 Å². The molecule has 2 amide bonds. The minimum Gasteiger partial charge on any atom is -0.356 e. The summed E-state index contributed by atoms with van der Waals surface area (Å²) in [6.07, 6.45) is 3.27. The van der Waals surface area contributed by atoms with Crippen molar-refractivity contribution in [3.05, 3.63) is 47.9 Å². The van der Waals surface area contributed by atoms with Crippen LogP contribution in [0.15, 0.2) is 36.7 Å². The van der Waals surface area contributed by atoms with Crippen LogP contribution in [0.25, 0.3) is 5.78 Å². The standard InChI is InChI=1S/C19H23N7O/c1-13-3-5-15(6-4-13)23-19(27)24-16-7-9-25(10-8-16)17-11-14(2)22-18-20-12-21-26(17)18/h3-6,11-12,16H,7-10H2,1-2H3,(H2,23,24,27). The van der Waals surface area contributed by atoms with Crippen LogP contribution < -0.4 is 15.5 Å². The SMILES string of the molecule is Cc1ccc(NC(=O)NC2CCN(c3cc(C)nc4ncnn34)CC2)cc1. The molecular weight excluding hydrogens is 342 g/mol. The van der Waals surface area contributed by atoms with Gasteiger partial charge < -0.3 is 15.5 Å². The molecule has 2 N–H and O–H groups in total. The molecule has 1 aromatic carbocycles. The molecule has 8 nitrogen and oxygen atoms in total. The van der Waals surface area contributed by atoms with Crippen LogP contribution in [0, 0.1) is 13.8 Å². The maximum atomic E-state index is 12.2. The van der Waals surface area contributed by atoms with Gasteiger partial charge in [-0.05, 0) is 38.8 Å². The highest BCUT2D eigenvalue weighted by atomic mass is 16.2. The van der Waals surface area contributed by atoms with Gasteiger partial charge in [0.25, 0.3) is 5.78 Å². The Kier molecular flexibility index (Phi) is 4.62. The van der Waals surface area contributed by atoms with Gasteiger partial charge in [0, 0.05) is 36.6 Å². The van der Waals surface area contributed by atoms with E-state index in [0.29, 0.717) is 5.78 Å². The summed E-state index contributed by atoms with van der Waals surface area (Å²) in [7, 11) is 0. The van der Waals surface area contributed by atoms with Gasteiger partial charge in [-0.1, -0.05) is 17.7 Å². The van der Waals surface area contributed by atoms with Gasteiger partial charge in [0.05, 0.1) is 0 Å². The first kappa shape index (κ1) is 17.3. The van der Waals surface area contributed by atoms with Crippen LogP contribution in [0.2, 0.25) is 0 Å². The third-order valence-electron chi connectivity index (χ3n) is 4.82. The second kappa shape index (κ2) is 7.22. The number of benzene rings is 1. The van der Waals surface area contributed by atoms with Crippen molar-refractivity contribution in [1.82, 2.24) is 24.9 Å². The van der Waals surface area contributed by atoms with Crippen molar-refractivity contribution in [2.45, 2.75) is 32.7 Å². The van der Waals surface area contributed by atoms with E-state index in [1.54, 1.807) is 4.52 Å². The van der Waals surface area contributed by atoms with E-state index in [1.807, 2.05) is 44.2 Å². The number of nitrogens with zero attached hydrogens (tertiary/aromatic N) is 5. The average molecular weight is 365 g/mol. The number of amides is 2. The molecule has 1 saturated heterocycles. The van der Waals surface area contributed by atoms with Gasteiger partial charge in [-0.15, -0.1) is 0 Å². The first-order valence-corrected chi connectivity index (χ1v) is 9.15. The van der Waals surface area contributed by atoms with E-state index < -0.39 is 0 Å². The Morgan fingerprint density at radius 1 is 1.15 bits per heavy atom. The molecule has 1 aliphatic heterocycles. The van der Waals surface area contributed by atoms with E-state index >= 15 is 0 Å². The molecule has 0 spiro atoms. The van der Waals surface area contributed by atoms with Crippen LogP contribution in [-0.2, 0) is 0 Å². The highest BCUT2D eigenvalue weighted by molar-refractivity contribution is 5.89. The maximum Gasteiger partial charge on any atom is 0.319 e. The highest BCUT2D eigenvalue weighted by Gasteiger charge is 2.23. The minimum atomic E-state index is -0.157. The Hall–Kier alpha value is -3.16. The third-order valence-corrected chi connectivity index (χ3v) is 4.82. The smallest absolute Gasteiger partial charge is 0.319 e. The number of fused-ring (bicyclic) bond motifs is 1. The van der Waals surface area contributed by atoms with Crippen molar-refractivity contribution in [2.24, 2.45) is 0 Å². The fraction of sp³-hybridized carbons (Fsp3) is 0.368. The Labute approximate surface area is 157 Å². The predicted molar refractivity (Wildman–Crippen MR) is 104 cm³/mol. The van der Waals surface area contributed by atoms with E-state index in [2.05, 4.69) is 30.6 Å². The number of carbonyl (C=O) groups is 1. The summed E-state index contributed by atoms with van der Waals surface area (Å²) in [5.41, 5.74) is 2.89. The van der Waals surface area contributed by atoms with Crippen LogP contribution in [0.4, 0.5) is 16.3 Å². The molecule has 0 atom stereocenters. The highest BCUT2D eigenvalue weighted by Crippen LogP contribution is 2.21. The lowest BCUT2D eigenvalue weighted by Crippen LogP contribution is -2.46. The molecule has 1 aliphatic rings. The summed E-state index contributed by atoms with van der Waals surface area (Å²) in [6.45, 7) is 5.67. The fourth-order valence-corrected chi connectivity index (χ4v) is 3.38. The monoisotopic (exact) mass is 365 g/mol. The zero-order valence-electron chi connectivity index (χ0n) is 15.5. The number of hydrogen-bond donors (Lipinski definition) is 2. The summed E-state index contributed by atoms with van der Waals surface area (Å²) >= 11 is 0. The number of anilines is 2. The van der Waals surface area contributed by atoms with Gasteiger partial charge in [-0.2, -0.15) is 14.6 Å². The van der Waals surface area contributed by atoms with Gasteiger partial charge in [-0.3, -0.25) is 0 Å². The molecule has 0 bridgehead atoms. The molecule has 3 aromatic rings. The molecule has 3 heterocycles. The molecule has 0 saturated carbocycles. The topological polar surface area (TPSA) is 87.5 Å². The van der Waals surface area contributed by atoms with Crippen molar-refractivity contribution in [3.8, 4) is 0 Å². The van der Waals surface area contributed by atoms with Crippen LogP contribution in [0.5, 0.6) is 0 Å². The molecule has 0 aliphatic carbocycles. The van der Waals surface area contributed by atoms with Crippen LogP contribution >= 0.6 is 0 Å². The molecule has 140 valence electrons. The van der Waals surface area contributed by atoms with Crippen molar-refractivity contribution >= 4 is 23.3 Å². The largest absolute Gasteiger partial charge is 0.356 e.